The van der Waals surface area contributed by atoms with Gasteiger partial charge in [0.2, 0.25) is 0 Å². The first kappa shape index (κ1) is 12.8. The first-order valence-electron chi connectivity index (χ1n) is 6.29. The van der Waals surface area contributed by atoms with Crippen LogP contribution in [-0.2, 0) is 6.42 Å². The minimum absolute atomic E-state index is 0.172. The Kier molecular flexibility index (Phi) is 4.41. The highest BCUT2D eigenvalue weighted by Crippen LogP contribution is 2.28. The van der Waals surface area contributed by atoms with Crippen molar-refractivity contribution in [1.29, 1.82) is 0 Å². The number of rotatable bonds is 2. The lowest BCUT2D eigenvalue weighted by Crippen LogP contribution is -2.21. The van der Waals surface area contributed by atoms with Crippen molar-refractivity contribution in [2.24, 2.45) is 5.92 Å². The molecule has 1 aliphatic rings. The van der Waals surface area contributed by atoms with Crippen molar-refractivity contribution in [2.45, 2.75) is 44.6 Å². The van der Waals surface area contributed by atoms with Crippen molar-refractivity contribution >= 4 is 11.6 Å². The van der Waals surface area contributed by atoms with Gasteiger partial charge in [-0.15, -0.1) is 0 Å². The molecule has 2 unspecified atom stereocenters. The van der Waals surface area contributed by atoms with Crippen LogP contribution in [0.15, 0.2) is 18.2 Å². The second-order valence-corrected chi connectivity index (χ2v) is 5.34. The zero-order chi connectivity index (χ0) is 12.3. The van der Waals surface area contributed by atoms with E-state index in [4.69, 9.17) is 11.6 Å². The molecule has 0 heterocycles. The number of aliphatic hydroxyl groups is 1. The topological polar surface area (TPSA) is 20.2 Å². The van der Waals surface area contributed by atoms with Gasteiger partial charge in [0.25, 0.3) is 0 Å². The largest absolute Gasteiger partial charge is 0.393 e. The maximum absolute atomic E-state index is 13.6. The molecule has 2 atom stereocenters. The van der Waals surface area contributed by atoms with Crippen LogP contribution < -0.4 is 0 Å². The second-order valence-electron chi connectivity index (χ2n) is 4.91. The van der Waals surface area contributed by atoms with E-state index < -0.39 is 0 Å². The SMILES string of the molecule is OC1CCCCCC1Cc1cc(Cl)ccc1F. The first-order valence-corrected chi connectivity index (χ1v) is 6.66. The Hall–Kier alpha value is -0.600. The fourth-order valence-electron chi connectivity index (χ4n) is 2.59. The van der Waals surface area contributed by atoms with E-state index in [2.05, 4.69) is 0 Å². The van der Waals surface area contributed by atoms with E-state index in [1.54, 1.807) is 12.1 Å². The third kappa shape index (κ3) is 3.43. The Morgan fingerprint density at radius 3 is 2.82 bits per heavy atom. The molecule has 1 nitrogen and oxygen atoms in total. The molecule has 0 aliphatic heterocycles. The van der Waals surface area contributed by atoms with E-state index in [-0.39, 0.29) is 17.8 Å². The molecule has 0 radical (unpaired) electrons. The fourth-order valence-corrected chi connectivity index (χ4v) is 2.78. The molecule has 1 aromatic carbocycles. The van der Waals surface area contributed by atoms with Crippen LogP contribution in [0.2, 0.25) is 5.02 Å². The van der Waals surface area contributed by atoms with Crippen LogP contribution in [0.25, 0.3) is 0 Å². The van der Waals surface area contributed by atoms with Crippen LogP contribution in [0, 0.1) is 11.7 Å². The van der Waals surface area contributed by atoms with Gasteiger partial charge in [-0.2, -0.15) is 0 Å². The van der Waals surface area contributed by atoms with Crippen molar-refractivity contribution < 1.29 is 9.50 Å². The third-order valence-electron chi connectivity index (χ3n) is 3.61. The maximum atomic E-state index is 13.6. The molecule has 0 amide bonds. The van der Waals surface area contributed by atoms with Gasteiger partial charge in [0.15, 0.2) is 0 Å². The van der Waals surface area contributed by atoms with Crippen molar-refractivity contribution in [2.75, 3.05) is 0 Å². The summed E-state index contributed by atoms with van der Waals surface area (Å²) in [6, 6.07) is 4.64. The smallest absolute Gasteiger partial charge is 0.126 e. The van der Waals surface area contributed by atoms with E-state index in [9.17, 15) is 9.50 Å². The second kappa shape index (κ2) is 5.83. The number of hydrogen-bond acceptors (Lipinski definition) is 1. The highest BCUT2D eigenvalue weighted by molar-refractivity contribution is 6.30. The van der Waals surface area contributed by atoms with Crippen molar-refractivity contribution in [3.8, 4) is 0 Å². The molecule has 3 heteroatoms. The zero-order valence-corrected chi connectivity index (χ0v) is 10.6. The predicted octanol–water partition coefficient (Wildman–Crippen LogP) is 3.96. The fraction of sp³-hybridized carbons (Fsp3) is 0.571. The van der Waals surface area contributed by atoms with Gasteiger partial charge < -0.3 is 5.11 Å². The monoisotopic (exact) mass is 256 g/mol. The van der Waals surface area contributed by atoms with Crippen LogP contribution >= 0.6 is 11.6 Å². The predicted molar refractivity (Wildman–Crippen MR) is 67.7 cm³/mol. The summed E-state index contributed by atoms with van der Waals surface area (Å²) in [4.78, 5) is 0. The Morgan fingerprint density at radius 1 is 1.24 bits per heavy atom. The number of hydrogen-bond donors (Lipinski definition) is 1. The van der Waals surface area contributed by atoms with Gasteiger partial charge in [0.05, 0.1) is 6.10 Å². The van der Waals surface area contributed by atoms with Crippen LogP contribution in [0.1, 0.15) is 37.7 Å². The van der Waals surface area contributed by atoms with Gasteiger partial charge >= 0.3 is 0 Å². The van der Waals surface area contributed by atoms with Crippen LogP contribution in [-0.4, -0.2) is 11.2 Å². The molecule has 0 spiro atoms. The quantitative estimate of drug-likeness (QED) is 0.794. The molecule has 0 saturated heterocycles. The summed E-state index contributed by atoms with van der Waals surface area (Å²) in [5, 5.41) is 10.6. The summed E-state index contributed by atoms with van der Waals surface area (Å²) >= 11 is 5.87. The molecule has 1 N–H and O–H groups in total. The Balaban J connectivity index is 2.10. The standard InChI is InChI=1S/C14H18ClFO/c15-12-6-7-13(16)11(9-12)8-10-4-2-1-3-5-14(10)17/h6-7,9-10,14,17H,1-5,8H2. The summed E-state index contributed by atoms with van der Waals surface area (Å²) in [6.07, 6.45) is 5.49. The third-order valence-corrected chi connectivity index (χ3v) is 3.84. The molecule has 94 valence electrons. The lowest BCUT2D eigenvalue weighted by atomic mass is 9.90. The van der Waals surface area contributed by atoms with E-state index in [0.717, 1.165) is 25.7 Å². The normalized spacial score (nSPS) is 25.6. The van der Waals surface area contributed by atoms with Crippen LogP contribution in [0.3, 0.4) is 0 Å². The van der Waals surface area contributed by atoms with Crippen LogP contribution in [0.4, 0.5) is 4.39 Å². The van der Waals surface area contributed by atoms with Crippen molar-refractivity contribution in [1.82, 2.24) is 0 Å². The maximum Gasteiger partial charge on any atom is 0.126 e. The molecule has 0 bridgehead atoms. The zero-order valence-electron chi connectivity index (χ0n) is 9.83. The first-order chi connectivity index (χ1) is 8.16. The summed E-state index contributed by atoms with van der Waals surface area (Å²) in [6.45, 7) is 0. The van der Waals surface area contributed by atoms with Gasteiger partial charge in [-0.3, -0.25) is 0 Å². The summed E-state index contributed by atoms with van der Waals surface area (Å²) < 4.78 is 13.6. The highest BCUT2D eigenvalue weighted by atomic mass is 35.5. The van der Waals surface area contributed by atoms with Gasteiger partial charge in [0, 0.05) is 5.02 Å². The van der Waals surface area contributed by atoms with E-state index in [1.807, 2.05) is 0 Å². The molecular weight excluding hydrogens is 239 g/mol. The molecule has 1 fully saturated rings. The average Bonchev–Trinajstić information content (AvgIpc) is 2.50. The molecule has 17 heavy (non-hydrogen) atoms. The summed E-state index contributed by atoms with van der Waals surface area (Å²) in [7, 11) is 0. The number of halogens is 2. The lowest BCUT2D eigenvalue weighted by Gasteiger charge is -2.20. The Labute approximate surface area is 107 Å². The van der Waals surface area contributed by atoms with E-state index in [1.165, 1.54) is 12.5 Å². The molecular formula is C14H18ClFO. The Morgan fingerprint density at radius 2 is 2.00 bits per heavy atom. The lowest BCUT2D eigenvalue weighted by molar-refractivity contribution is 0.100. The van der Waals surface area contributed by atoms with Gasteiger partial charge in [-0.1, -0.05) is 30.9 Å². The highest BCUT2D eigenvalue weighted by Gasteiger charge is 2.22. The van der Waals surface area contributed by atoms with E-state index in [0.29, 0.717) is 17.0 Å². The van der Waals surface area contributed by atoms with Crippen molar-refractivity contribution in [3.63, 3.8) is 0 Å². The number of benzene rings is 1. The molecule has 1 saturated carbocycles. The minimum atomic E-state index is -0.295. The molecule has 2 rings (SSSR count). The van der Waals surface area contributed by atoms with Gasteiger partial charge in [-0.25, -0.2) is 4.39 Å². The van der Waals surface area contributed by atoms with E-state index >= 15 is 0 Å². The Bertz CT molecular complexity index is 380. The number of aliphatic hydroxyl groups excluding tert-OH is 1. The minimum Gasteiger partial charge on any atom is -0.393 e. The van der Waals surface area contributed by atoms with Gasteiger partial charge in [-0.05, 0) is 48.9 Å². The van der Waals surface area contributed by atoms with Crippen LogP contribution in [0.5, 0.6) is 0 Å². The van der Waals surface area contributed by atoms with Gasteiger partial charge in [0.1, 0.15) is 5.82 Å². The molecule has 0 aromatic heterocycles. The molecule has 1 aliphatic carbocycles. The van der Waals surface area contributed by atoms with Crippen molar-refractivity contribution in [3.05, 3.63) is 34.6 Å². The average molecular weight is 257 g/mol. The summed E-state index contributed by atoms with van der Waals surface area (Å²) in [5.41, 5.74) is 0.628. The summed E-state index contributed by atoms with van der Waals surface area (Å²) in [5.74, 6) is -0.0451. The molecule has 1 aromatic rings.